The van der Waals surface area contributed by atoms with Gasteiger partial charge in [0.25, 0.3) is 5.76 Å². The second-order valence-electron chi connectivity index (χ2n) is 11.9. The van der Waals surface area contributed by atoms with Gasteiger partial charge in [-0.1, -0.05) is 0 Å². The highest BCUT2D eigenvalue weighted by atomic mass is 31.2. The summed E-state index contributed by atoms with van der Waals surface area (Å²) in [7, 11) is 1.91. The van der Waals surface area contributed by atoms with E-state index in [1.54, 1.807) is 0 Å². The molecular formula is C29H47N8O14P. The van der Waals surface area contributed by atoms with E-state index in [4.69, 9.17) is 24.6 Å². The number of aliphatic hydroxyl groups excluding tert-OH is 2. The summed E-state index contributed by atoms with van der Waals surface area (Å²) in [6, 6.07) is -3.65. The first kappa shape index (κ1) is 43.6. The van der Waals surface area contributed by atoms with E-state index in [1.165, 1.54) is 57.0 Å². The fourth-order valence-electron chi connectivity index (χ4n) is 4.39. The molecule has 0 radical (unpaired) electrons. The fraction of sp³-hybridized carbons (Fsp3) is 0.621. The Hall–Kier alpha value is -4.60. The van der Waals surface area contributed by atoms with Gasteiger partial charge in [-0.25, -0.2) is 28.5 Å². The zero-order valence-corrected chi connectivity index (χ0v) is 30.3. The largest absolute Gasteiger partial charge is 0.505 e. The van der Waals surface area contributed by atoms with Gasteiger partial charge in [0.2, 0.25) is 11.8 Å². The lowest BCUT2D eigenvalue weighted by atomic mass is 10.1. The van der Waals surface area contributed by atoms with Crippen LogP contribution in [0.2, 0.25) is 0 Å². The Morgan fingerprint density at radius 2 is 1.69 bits per heavy atom. The zero-order valence-electron chi connectivity index (χ0n) is 29.4. The van der Waals surface area contributed by atoms with E-state index in [1.807, 2.05) is 0 Å². The van der Waals surface area contributed by atoms with Crippen molar-refractivity contribution in [3.05, 3.63) is 29.7 Å². The number of carbonyl (C=O) groups excluding carboxylic acids is 5. The number of esters is 2. The van der Waals surface area contributed by atoms with Crippen LogP contribution < -0.4 is 21.8 Å². The molecule has 1 aromatic rings. The lowest BCUT2D eigenvalue weighted by Crippen LogP contribution is -2.55. The topological polar surface area (TPSA) is 314 Å². The Bertz CT molecular complexity index is 1480. The van der Waals surface area contributed by atoms with Gasteiger partial charge in [-0.15, -0.1) is 5.48 Å². The maximum atomic E-state index is 13.0. The van der Waals surface area contributed by atoms with Crippen LogP contribution in [0.5, 0.6) is 0 Å². The van der Waals surface area contributed by atoms with Gasteiger partial charge in [0, 0.05) is 18.3 Å². The van der Waals surface area contributed by atoms with Crippen LogP contribution in [-0.4, -0.2) is 142 Å². The van der Waals surface area contributed by atoms with Crippen LogP contribution in [0, 0.1) is 0 Å². The lowest BCUT2D eigenvalue weighted by Gasteiger charge is -2.29. The van der Waals surface area contributed by atoms with Crippen molar-refractivity contribution in [2.75, 3.05) is 41.3 Å². The number of aromatic amines is 1. The molecule has 0 aromatic carbocycles. The number of imidazole rings is 1. The van der Waals surface area contributed by atoms with Crippen LogP contribution >= 0.6 is 7.67 Å². The molecule has 0 spiro atoms. The Kier molecular flexibility index (Phi) is 17.1. The Morgan fingerprint density at radius 3 is 2.27 bits per heavy atom. The quantitative estimate of drug-likeness (QED) is 0.0200. The van der Waals surface area contributed by atoms with Crippen molar-refractivity contribution in [3.8, 4) is 0 Å². The van der Waals surface area contributed by atoms with Gasteiger partial charge in [-0.05, 0) is 60.9 Å². The van der Waals surface area contributed by atoms with Crippen molar-refractivity contribution in [2.24, 2.45) is 5.73 Å². The summed E-state index contributed by atoms with van der Waals surface area (Å²) >= 11 is 0. The van der Waals surface area contributed by atoms with Gasteiger partial charge in [-0.3, -0.25) is 19.2 Å². The number of rotatable bonds is 23. The van der Waals surface area contributed by atoms with Crippen LogP contribution in [0.1, 0.15) is 44.7 Å². The fourth-order valence-corrected chi connectivity index (χ4v) is 5.84. The van der Waals surface area contributed by atoms with Crippen molar-refractivity contribution >= 4 is 43.4 Å². The summed E-state index contributed by atoms with van der Waals surface area (Å²) < 4.78 is 30.5. The number of cyclic esters (lactones) is 1. The van der Waals surface area contributed by atoms with Gasteiger partial charge in [-0.2, -0.15) is 0 Å². The molecule has 0 fully saturated rings. The minimum Gasteiger partial charge on any atom is -0.505 e. The number of amides is 2. The predicted molar refractivity (Wildman–Crippen MR) is 177 cm³/mol. The molecular weight excluding hydrogens is 715 g/mol. The van der Waals surface area contributed by atoms with Crippen molar-refractivity contribution in [2.45, 2.75) is 75.8 Å². The number of unbranched alkanes of at least 4 members (excludes halogenated alkanes) is 1. The highest BCUT2D eigenvalue weighted by molar-refractivity contribution is 7.54. The monoisotopic (exact) mass is 762 g/mol. The highest BCUT2D eigenvalue weighted by Crippen LogP contribution is 2.53. The summed E-state index contributed by atoms with van der Waals surface area (Å²) in [5, 5.41) is 35.3. The van der Waals surface area contributed by atoms with Gasteiger partial charge >= 0.3 is 31.5 Å². The molecule has 2 heterocycles. The Balaban J connectivity index is 1.84. The second kappa shape index (κ2) is 20.4. The molecule has 5 unspecified atom stereocenters. The van der Waals surface area contributed by atoms with Gasteiger partial charge in [0.05, 0.1) is 19.2 Å². The molecule has 292 valence electrons. The van der Waals surface area contributed by atoms with Crippen LogP contribution in [0.4, 0.5) is 0 Å². The molecule has 5 atom stereocenters. The first-order chi connectivity index (χ1) is 24.4. The number of aliphatic hydroxyl groups is 2. The summed E-state index contributed by atoms with van der Waals surface area (Å²) in [6.45, 7) is 0.879. The maximum absolute atomic E-state index is 13.0. The number of carboxylic acids is 1. The van der Waals surface area contributed by atoms with E-state index in [-0.39, 0.29) is 12.8 Å². The van der Waals surface area contributed by atoms with Gasteiger partial charge in [0.1, 0.15) is 30.8 Å². The number of carboxylic acid groups (broad SMARTS) is 1. The molecule has 0 aliphatic carbocycles. The number of aromatic nitrogens is 2. The van der Waals surface area contributed by atoms with Crippen molar-refractivity contribution in [1.82, 2.24) is 35.4 Å². The lowest BCUT2D eigenvalue weighted by molar-refractivity contribution is -0.160. The average molecular weight is 763 g/mol. The highest BCUT2D eigenvalue weighted by Gasteiger charge is 2.45. The van der Waals surface area contributed by atoms with Crippen molar-refractivity contribution in [1.29, 1.82) is 0 Å². The normalized spacial score (nSPS) is 16.9. The second-order valence-corrected chi connectivity index (χ2v) is 14.7. The molecule has 2 amide bonds. The van der Waals surface area contributed by atoms with Gasteiger partial charge in [0.15, 0.2) is 11.9 Å². The zero-order chi connectivity index (χ0) is 39.2. The van der Waals surface area contributed by atoms with Crippen molar-refractivity contribution in [3.63, 3.8) is 0 Å². The third-order valence-electron chi connectivity index (χ3n) is 7.36. The standard InChI is InChI=1S/C29H47N8O14P/c1-16(26(42)33-18(8-6-7-11-30)27(43)34-19(28(44)45)12-17-13-31-15-32-17)35-50-22(40)10-9-21(39)48-14-20(38)24-23(41)25(29(46)49-24)51-52(47,36(2)3)37(4)5/h13,15-16,18-20,24,35,38,41H,6-12,14,30H2,1-5H3,(H,31,32)(H,33,42)(H,34,43)(H,44,45). The van der Waals surface area contributed by atoms with E-state index < -0.39 is 105 Å². The third kappa shape index (κ3) is 12.9. The molecule has 1 aliphatic rings. The summed E-state index contributed by atoms with van der Waals surface area (Å²) in [4.78, 5) is 85.7. The number of hydrogen-bond acceptors (Lipinski definition) is 16. The van der Waals surface area contributed by atoms with Crippen molar-refractivity contribution < 1.29 is 67.5 Å². The molecule has 52 heavy (non-hydrogen) atoms. The van der Waals surface area contributed by atoms with E-state index in [9.17, 15) is 48.7 Å². The van der Waals surface area contributed by atoms with E-state index in [0.29, 0.717) is 25.1 Å². The summed E-state index contributed by atoms with van der Waals surface area (Å²) in [5.74, 6) is -7.61. The predicted octanol–water partition coefficient (Wildman–Crippen LogP) is -1.80. The molecule has 23 heteroatoms. The Labute approximate surface area is 298 Å². The molecule has 1 aliphatic heterocycles. The van der Waals surface area contributed by atoms with Crippen LogP contribution in [0.3, 0.4) is 0 Å². The molecule has 0 saturated carbocycles. The smallest absolute Gasteiger partial charge is 0.395 e. The molecule has 9 N–H and O–H groups in total. The molecule has 0 saturated heterocycles. The summed E-state index contributed by atoms with van der Waals surface area (Å²) in [5.41, 5.74) is 8.21. The van der Waals surface area contributed by atoms with E-state index in [2.05, 4.69) is 26.1 Å². The SMILES string of the molecule is CC(NOC(=O)CCC(=O)OCC(O)C1OC(=O)C(OP(=O)(N(C)C)N(C)C)=C1O)C(=O)NC(CCCCN)C(=O)NC(Cc1cnc[nH]1)C(=O)O. The number of nitrogens with two attached hydrogens (primary N) is 1. The van der Waals surface area contributed by atoms with Gasteiger partial charge < -0.3 is 55.5 Å². The minimum absolute atomic E-state index is 0.0840. The van der Waals surface area contributed by atoms with E-state index >= 15 is 0 Å². The van der Waals surface area contributed by atoms with Crippen LogP contribution in [-0.2, 0) is 58.6 Å². The minimum atomic E-state index is -3.77. The Morgan fingerprint density at radius 1 is 1.06 bits per heavy atom. The molecule has 22 nitrogen and oxygen atoms in total. The maximum Gasteiger partial charge on any atom is 0.395 e. The van der Waals surface area contributed by atoms with Crippen LogP contribution in [0.15, 0.2) is 24.0 Å². The number of nitrogens with one attached hydrogen (secondary N) is 4. The number of carbonyl (C=O) groups is 6. The number of hydroxylamine groups is 1. The first-order valence-electron chi connectivity index (χ1n) is 16.0. The van der Waals surface area contributed by atoms with E-state index in [0.717, 1.165) is 0 Å². The average Bonchev–Trinajstić information content (AvgIpc) is 3.70. The number of aliphatic carboxylic acids is 1. The number of nitrogens with zero attached hydrogens (tertiary/aromatic N) is 3. The first-order valence-corrected chi connectivity index (χ1v) is 17.5. The number of hydrogen-bond donors (Lipinski definition) is 8. The molecule has 1 aromatic heterocycles. The molecule has 0 bridgehead atoms. The summed E-state index contributed by atoms with van der Waals surface area (Å²) in [6.07, 6.45) is -0.712. The molecule has 2 rings (SSSR count). The number of ether oxygens (including phenoxy) is 2. The van der Waals surface area contributed by atoms with Crippen LogP contribution in [0.25, 0.3) is 0 Å². The third-order valence-corrected chi connectivity index (χ3v) is 9.80. The number of H-pyrrole nitrogens is 1.